The third-order valence-corrected chi connectivity index (χ3v) is 2.61. The summed E-state index contributed by atoms with van der Waals surface area (Å²) in [7, 11) is 0. The molecule has 0 aromatic carbocycles. The molecule has 0 saturated carbocycles. The first-order chi connectivity index (χ1) is 7.16. The number of anilines is 1. The highest BCUT2D eigenvalue weighted by molar-refractivity contribution is 7.07. The van der Waals surface area contributed by atoms with Gasteiger partial charge in [-0.15, -0.1) is 11.3 Å². The number of thiazole rings is 1. The average Bonchev–Trinajstić information content (AvgIpc) is 2.69. The van der Waals surface area contributed by atoms with Gasteiger partial charge in [-0.05, 0) is 5.92 Å². The van der Waals surface area contributed by atoms with E-state index >= 15 is 0 Å². The van der Waals surface area contributed by atoms with Gasteiger partial charge in [-0.1, -0.05) is 13.8 Å². The van der Waals surface area contributed by atoms with Crippen LogP contribution in [0.25, 0.3) is 11.5 Å². The van der Waals surface area contributed by atoms with E-state index in [1.165, 1.54) is 11.3 Å². The van der Waals surface area contributed by atoms with Crippen LogP contribution < -0.4 is 5.73 Å². The van der Waals surface area contributed by atoms with Gasteiger partial charge in [0.25, 0.3) is 0 Å². The Kier molecular flexibility index (Phi) is 2.64. The molecular formula is C10H12N4S. The monoisotopic (exact) mass is 220 g/mol. The Labute approximate surface area is 92.2 Å². The predicted octanol–water partition coefficient (Wildman–Crippen LogP) is 2.31. The normalized spacial score (nSPS) is 10.9. The number of aromatic nitrogens is 3. The molecule has 78 valence electrons. The maximum atomic E-state index is 5.73. The highest BCUT2D eigenvalue weighted by atomic mass is 32.1. The molecule has 0 spiro atoms. The van der Waals surface area contributed by atoms with Crippen LogP contribution in [-0.4, -0.2) is 15.0 Å². The Hall–Kier alpha value is -1.49. The Morgan fingerprint density at radius 3 is 2.73 bits per heavy atom. The predicted molar refractivity (Wildman–Crippen MR) is 61.6 cm³/mol. The molecule has 0 aliphatic carbocycles. The van der Waals surface area contributed by atoms with Crippen LogP contribution >= 0.6 is 11.3 Å². The van der Waals surface area contributed by atoms with Crippen molar-refractivity contribution >= 4 is 17.2 Å². The third kappa shape index (κ3) is 2.12. The zero-order valence-corrected chi connectivity index (χ0v) is 9.45. The quantitative estimate of drug-likeness (QED) is 0.843. The summed E-state index contributed by atoms with van der Waals surface area (Å²) in [6, 6.07) is 1.81. The van der Waals surface area contributed by atoms with E-state index in [-0.39, 0.29) is 0 Å². The summed E-state index contributed by atoms with van der Waals surface area (Å²) in [5.74, 6) is 1.45. The topological polar surface area (TPSA) is 64.7 Å². The molecular weight excluding hydrogens is 208 g/mol. The van der Waals surface area contributed by atoms with E-state index in [2.05, 4.69) is 28.8 Å². The summed E-state index contributed by atoms with van der Waals surface area (Å²) >= 11 is 1.52. The zero-order chi connectivity index (χ0) is 10.8. The second kappa shape index (κ2) is 3.94. The summed E-state index contributed by atoms with van der Waals surface area (Å²) in [4.78, 5) is 12.8. The van der Waals surface area contributed by atoms with Gasteiger partial charge in [0.1, 0.15) is 11.5 Å². The van der Waals surface area contributed by atoms with Crippen LogP contribution in [0.3, 0.4) is 0 Å². The van der Waals surface area contributed by atoms with E-state index in [1.807, 2.05) is 5.38 Å². The number of nitrogen functional groups attached to an aromatic ring is 1. The van der Waals surface area contributed by atoms with Crippen LogP contribution in [0.4, 0.5) is 5.82 Å². The summed E-state index contributed by atoms with van der Waals surface area (Å²) in [5, 5.41) is 1.92. The summed E-state index contributed by atoms with van der Waals surface area (Å²) in [6.45, 7) is 4.15. The van der Waals surface area contributed by atoms with Crippen molar-refractivity contribution in [2.75, 3.05) is 5.73 Å². The molecule has 2 aromatic heterocycles. The molecule has 0 aliphatic heterocycles. The van der Waals surface area contributed by atoms with Crippen LogP contribution in [0.1, 0.15) is 25.5 Å². The van der Waals surface area contributed by atoms with Gasteiger partial charge in [-0.25, -0.2) is 15.0 Å². The molecule has 0 saturated heterocycles. The third-order valence-electron chi connectivity index (χ3n) is 2.02. The van der Waals surface area contributed by atoms with E-state index in [1.54, 1.807) is 11.6 Å². The van der Waals surface area contributed by atoms with Gasteiger partial charge in [-0.3, -0.25) is 0 Å². The Bertz CT molecular complexity index is 450. The summed E-state index contributed by atoms with van der Waals surface area (Å²) in [6.07, 6.45) is 0. The Morgan fingerprint density at radius 1 is 1.33 bits per heavy atom. The van der Waals surface area contributed by atoms with E-state index in [0.717, 1.165) is 11.4 Å². The largest absolute Gasteiger partial charge is 0.384 e. The minimum atomic E-state index is 0.340. The maximum Gasteiger partial charge on any atom is 0.181 e. The first kappa shape index (κ1) is 10.0. The molecule has 0 aliphatic rings. The van der Waals surface area contributed by atoms with Crippen molar-refractivity contribution in [1.29, 1.82) is 0 Å². The molecule has 4 nitrogen and oxygen atoms in total. The van der Waals surface area contributed by atoms with Crippen LogP contribution in [0.2, 0.25) is 0 Å². The first-order valence-electron chi connectivity index (χ1n) is 4.70. The van der Waals surface area contributed by atoms with Gasteiger partial charge >= 0.3 is 0 Å². The number of rotatable bonds is 2. The van der Waals surface area contributed by atoms with Crippen molar-refractivity contribution in [2.24, 2.45) is 0 Å². The lowest BCUT2D eigenvalue weighted by Gasteiger charge is -2.06. The molecule has 5 heteroatoms. The Morgan fingerprint density at radius 2 is 2.13 bits per heavy atom. The number of hydrogen-bond acceptors (Lipinski definition) is 5. The van der Waals surface area contributed by atoms with Crippen molar-refractivity contribution in [1.82, 2.24) is 15.0 Å². The molecule has 2 aromatic rings. The van der Waals surface area contributed by atoms with Crippen molar-refractivity contribution in [3.8, 4) is 11.5 Å². The first-order valence-corrected chi connectivity index (χ1v) is 5.64. The molecule has 0 radical (unpaired) electrons. The van der Waals surface area contributed by atoms with Gasteiger partial charge in [0.05, 0.1) is 5.51 Å². The fourth-order valence-corrected chi connectivity index (χ4v) is 1.75. The molecule has 0 amide bonds. The fraction of sp³-hybridized carbons (Fsp3) is 0.300. The van der Waals surface area contributed by atoms with E-state index in [4.69, 9.17) is 5.73 Å². The molecule has 0 bridgehead atoms. The van der Waals surface area contributed by atoms with Crippen LogP contribution in [0.15, 0.2) is 17.0 Å². The molecule has 0 unspecified atom stereocenters. The van der Waals surface area contributed by atoms with Crippen LogP contribution in [0.5, 0.6) is 0 Å². The van der Waals surface area contributed by atoms with Gasteiger partial charge in [0.15, 0.2) is 5.82 Å². The van der Waals surface area contributed by atoms with Gasteiger partial charge < -0.3 is 5.73 Å². The van der Waals surface area contributed by atoms with E-state index in [9.17, 15) is 0 Å². The lowest BCUT2D eigenvalue weighted by Crippen LogP contribution is -2.01. The number of nitrogens with zero attached hydrogens (tertiary/aromatic N) is 3. The van der Waals surface area contributed by atoms with Crippen molar-refractivity contribution in [3.05, 3.63) is 22.7 Å². The van der Waals surface area contributed by atoms with Gasteiger partial charge in [-0.2, -0.15) is 0 Å². The summed E-state index contributed by atoms with van der Waals surface area (Å²) < 4.78 is 0. The SMILES string of the molecule is CC(C)c1cc(N)nc(-c2cscn2)n1. The van der Waals surface area contributed by atoms with Crippen molar-refractivity contribution in [3.63, 3.8) is 0 Å². The maximum absolute atomic E-state index is 5.73. The minimum absolute atomic E-state index is 0.340. The smallest absolute Gasteiger partial charge is 0.181 e. The van der Waals surface area contributed by atoms with Crippen LogP contribution in [0, 0.1) is 0 Å². The van der Waals surface area contributed by atoms with Crippen LogP contribution in [-0.2, 0) is 0 Å². The number of hydrogen-bond donors (Lipinski definition) is 1. The number of nitrogens with two attached hydrogens (primary N) is 1. The molecule has 2 heterocycles. The van der Waals surface area contributed by atoms with Gasteiger partial charge in [0.2, 0.25) is 0 Å². The second-order valence-electron chi connectivity index (χ2n) is 3.57. The molecule has 0 atom stereocenters. The highest BCUT2D eigenvalue weighted by Crippen LogP contribution is 2.20. The molecule has 2 rings (SSSR count). The molecule has 15 heavy (non-hydrogen) atoms. The summed E-state index contributed by atoms with van der Waals surface area (Å²) in [5.41, 5.74) is 9.22. The van der Waals surface area contributed by atoms with E-state index < -0.39 is 0 Å². The average molecular weight is 220 g/mol. The zero-order valence-electron chi connectivity index (χ0n) is 8.64. The van der Waals surface area contributed by atoms with Gasteiger partial charge in [0, 0.05) is 17.1 Å². The van der Waals surface area contributed by atoms with Crippen molar-refractivity contribution in [2.45, 2.75) is 19.8 Å². The lowest BCUT2D eigenvalue weighted by atomic mass is 10.1. The van der Waals surface area contributed by atoms with Crippen molar-refractivity contribution < 1.29 is 0 Å². The molecule has 2 N–H and O–H groups in total. The second-order valence-corrected chi connectivity index (χ2v) is 4.29. The molecule has 0 fully saturated rings. The Balaban J connectivity index is 2.49. The lowest BCUT2D eigenvalue weighted by molar-refractivity contribution is 0.817. The minimum Gasteiger partial charge on any atom is -0.384 e. The standard InChI is InChI=1S/C10H12N4S/c1-6(2)7-3-9(11)14-10(13-7)8-4-15-5-12-8/h3-6H,1-2H3,(H2,11,13,14). The highest BCUT2D eigenvalue weighted by Gasteiger charge is 2.08. The fourth-order valence-electron chi connectivity index (χ4n) is 1.22. The van der Waals surface area contributed by atoms with E-state index in [0.29, 0.717) is 17.6 Å².